The number of hydrogen-bond donors (Lipinski definition) is 2. The third-order valence-electron chi connectivity index (χ3n) is 2.73. The van der Waals surface area contributed by atoms with Crippen molar-refractivity contribution in [2.75, 3.05) is 6.61 Å². The van der Waals surface area contributed by atoms with Crippen LogP contribution >= 0.6 is 0 Å². The first kappa shape index (κ1) is 24.8. The Hall–Kier alpha value is 0.830. The maximum atomic E-state index is 10.2. The fourth-order valence-corrected chi connectivity index (χ4v) is 2.08. The SMILES string of the molecule is CCCCCCCCCCCCOS(=O)(=O)O.N.[NaH]. The zero-order chi connectivity index (χ0) is 13.0. The van der Waals surface area contributed by atoms with Crippen LogP contribution in [0.4, 0.5) is 0 Å². The Morgan fingerprint density at radius 1 is 0.842 bits per heavy atom. The van der Waals surface area contributed by atoms with Crippen LogP contribution in [-0.4, -0.2) is 49.1 Å². The Bertz CT molecular complexity index is 260. The van der Waals surface area contributed by atoms with Crippen molar-refractivity contribution in [2.24, 2.45) is 0 Å². The first-order valence-electron chi connectivity index (χ1n) is 6.68. The molecule has 0 atom stereocenters. The molecule has 114 valence electrons. The van der Waals surface area contributed by atoms with Gasteiger partial charge in [0.25, 0.3) is 0 Å². The molecule has 0 aliphatic rings. The van der Waals surface area contributed by atoms with Crippen molar-refractivity contribution in [2.45, 2.75) is 71.1 Å². The molecular formula is C12H30NNaO4S. The van der Waals surface area contributed by atoms with Gasteiger partial charge in [0.1, 0.15) is 0 Å². The number of hydrogen-bond acceptors (Lipinski definition) is 4. The van der Waals surface area contributed by atoms with Gasteiger partial charge in [0.05, 0.1) is 6.61 Å². The molecule has 4 N–H and O–H groups in total. The molecule has 0 aliphatic heterocycles. The van der Waals surface area contributed by atoms with E-state index in [4.69, 9.17) is 4.55 Å². The van der Waals surface area contributed by atoms with Crippen molar-refractivity contribution < 1.29 is 17.2 Å². The zero-order valence-electron chi connectivity index (χ0n) is 11.6. The molecule has 0 amide bonds. The van der Waals surface area contributed by atoms with Gasteiger partial charge in [-0.05, 0) is 6.42 Å². The van der Waals surface area contributed by atoms with Gasteiger partial charge in [0.15, 0.2) is 0 Å². The van der Waals surface area contributed by atoms with Crippen LogP contribution in [0.25, 0.3) is 0 Å². The van der Waals surface area contributed by atoms with E-state index >= 15 is 0 Å². The monoisotopic (exact) mass is 307 g/mol. The standard InChI is InChI=1S/C12H26O4S.H3N.Na.H/c1-2-3-4-5-6-7-8-9-10-11-12-16-17(13,14)15;;;/h2-12H2,1H3,(H,13,14,15);1H3;;. The van der Waals surface area contributed by atoms with E-state index in [9.17, 15) is 8.42 Å². The topological polar surface area (TPSA) is 98.6 Å². The molecule has 5 nitrogen and oxygen atoms in total. The van der Waals surface area contributed by atoms with Gasteiger partial charge < -0.3 is 6.15 Å². The van der Waals surface area contributed by atoms with Crippen LogP contribution in [0.2, 0.25) is 0 Å². The Labute approximate surface area is 140 Å². The van der Waals surface area contributed by atoms with Crippen LogP contribution in [-0.2, 0) is 14.6 Å². The first-order chi connectivity index (χ1) is 8.06. The minimum absolute atomic E-state index is 0. The number of rotatable bonds is 12. The summed E-state index contributed by atoms with van der Waals surface area (Å²) in [5.41, 5.74) is 0. The maximum absolute atomic E-state index is 10.2. The van der Waals surface area contributed by atoms with Gasteiger partial charge in [0.2, 0.25) is 0 Å². The van der Waals surface area contributed by atoms with Gasteiger partial charge in [-0.1, -0.05) is 64.7 Å². The average Bonchev–Trinajstić information content (AvgIpc) is 2.24. The Morgan fingerprint density at radius 3 is 1.58 bits per heavy atom. The Balaban J connectivity index is -0.00000128. The molecular weight excluding hydrogens is 277 g/mol. The molecule has 0 aromatic rings. The van der Waals surface area contributed by atoms with E-state index in [1.54, 1.807) is 0 Å². The summed E-state index contributed by atoms with van der Waals surface area (Å²) in [7, 11) is -4.23. The molecule has 0 heterocycles. The third-order valence-corrected chi connectivity index (χ3v) is 3.19. The van der Waals surface area contributed by atoms with Gasteiger partial charge >= 0.3 is 40.0 Å². The van der Waals surface area contributed by atoms with E-state index in [-0.39, 0.29) is 42.3 Å². The predicted molar refractivity (Wildman–Crippen MR) is 81.5 cm³/mol. The third kappa shape index (κ3) is 24.3. The van der Waals surface area contributed by atoms with Crippen LogP contribution in [0.1, 0.15) is 71.1 Å². The molecule has 0 unspecified atom stereocenters. The van der Waals surface area contributed by atoms with Crippen LogP contribution < -0.4 is 6.15 Å². The summed E-state index contributed by atoms with van der Waals surface area (Å²) < 4.78 is 33.0. The van der Waals surface area contributed by atoms with Crippen molar-refractivity contribution in [1.82, 2.24) is 6.15 Å². The second kappa shape index (κ2) is 16.9. The molecule has 0 rings (SSSR count). The van der Waals surface area contributed by atoms with E-state index in [1.807, 2.05) is 0 Å². The van der Waals surface area contributed by atoms with Crippen molar-refractivity contribution in [3.8, 4) is 0 Å². The normalized spacial score (nSPS) is 10.6. The van der Waals surface area contributed by atoms with E-state index in [2.05, 4.69) is 11.1 Å². The summed E-state index contributed by atoms with van der Waals surface area (Å²) in [5.74, 6) is 0. The second-order valence-corrected chi connectivity index (χ2v) is 5.52. The Kier molecular flexibility index (Phi) is 22.1. The zero-order valence-corrected chi connectivity index (χ0v) is 12.4. The summed E-state index contributed by atoms with van der Waals surface area (Å²) in [6.07, 6.45) is 11.9. The molecule has 0 saturated carbocycles. The van der Waals surface area contributed by atoms with Crippen LogP contribution in [0, 0.1) is 0 Å². The molecule has 0 aromatic carbocycles. The number of unbranched alkanes of at least 4 members (excludes halogenated alkanes) is 9. The summed E-state index contributed by atoms with van der Waals surface area (Å²) in [5, 5.41) is 0. The predicted octanol–water partition coefficient (Wildman–Crippen LogP) is 3.24. The molecule has 0 radical (unpaired) electrons. The van der Waals surface area contributed by atoms with Crippen LogP contribution in [0.5, 0.6) is 0 Å². The van der Waals surface area contributed by atoms with E-state index in [0.717, 1.165) is 12.8 Å². The molecule has 0 saturated heterocycles. The van der Waals surface area contributed by atoms with Crippen molar-refractivity contribution in [3.63, 3.8) is 0 Å². The quantitative estimate of drug-likeness (QED) is 0.327. The molecule has 0 spiro atoms. The summed E-state index contributed by atoms with van der Waals surface area (Å²) in [4.78, 5) is 0. The van der Waals surface area contributed by atoms with Crippen LogP contribution in [0.15, 0.2) is 0 Å². The minimum atomic E-state index is -4.23. The molecule has 0 aliphatic carbocycles. The Morgan fingerprint density at radius 2 is 1.21 bits per heavy atom. The van der Waals surface area contributed by atoms with Gasteiger partial charge in [-0.15, -0.1) is 0 Å². The van der Waals surface area contributed by atoms with Crippen molar-refractivity contribution in [1.29, 1.82) is 0 Å². The van der Waals surface area contributed by atoms with Crippen molar-refractivity contribution in [3.05, 3.63) is 0 Å². The summed E-state index contributed by atoms with van der Waals surface area (Å²) >= 11 is 0. The average molecular weight is 307 g/mol. The van der Waals surface area contributed by atoms with E-state index in [0.29, 0.717) is 6.42 Å². The molecule has 7 heteroatoms. The fraction of sp³-hybridized carbons (Fsp3) is 1.00. The van der Waals surface area contributed by atoms with E-state index in [1.165, 1.54) is 44.9 Å². The van der Waals surface area contributed by atoms with Gasteiger partial charge in [-0.2, -0.15) is 8.42 Å². The fourth-order valence-electron chi connectivity index (χ4n) is 1.75. The van der Waals surface area contributed by atoms with Gasteiger partial charge in [-0.25, -0.2) is 4.18 Å². The molecule has 19 heavy (non-hydrogen) atoms. The van der Waals surface area contributed by atoms with Gasteiger partial charge in [0, 0.05) is 0 Å². The van der Waals surface area contributed by atoms with Crippen molar-refractivity contribution >= 4 is 40.0 Å². The molecule has 0 fully saturated rings. The van der Waals surface area contributed by atoms with Crippen LogP contribution in [0.3, 0.4) is 0 Å². The van der Waals surface area contributed by atoms with Gasteiger partial charge in [-0.3, -0.25) is 4.55 Å². The molecule has 0 bridgehead atoms. The second-order valence-electron chi connectivity index (χ2n) is 4.43. The summed E-state index contributed by atoms with van der Waals surface area (Å²) in [6, 6.07) is 0. The molecule has 0 aromatic heterocycles. The first-order valence-corrected chi connectivity index (χ1v) is 8.04. The summed E-state index contributed by atoms with van der Waals surface area (Å²) in [6.45, 7) is 2.31. The van der Waals surface area contributed by atoms with E-state index < -0.39 is 10.4 Å².